The molecule has 4 nitrogen and oxygen atoms in total. The van der Waals surface area contributed by atoms with Crippen molar-refractivity contribution in [2.45, 2.75) is 13.3 Å². The van der Waals surface area contributed by atoms with Crippen LogP contribution in [0, 0.1) is 0 Å². The number of aromatic nitrogens is 2. The van der Waals surface area contributed by atoms with Crippen LogP contribution in [0.1, 0.15) is 12.6 Å². The maximum atomic E-state index is 11.8. The number of imidazole rings is 1. The molecular formula is C17H15ClN2O2. The van der Waals surface area contributed by atoms with Gasteiger partial charge in [-0.3, -0.25) is 9.20 Å². The molecule has 0 spiro atoms. The molecule has 112 valence electrons. The van der Waals surface area contributed by atoms with E-state index in [1.54, 1.807) is 6.92 Å². The fourth-order valence-corrected chi connectivity index (χ4v) is 2.56. The number of nitrogens with zero attached hydrogens (tertiary/aromatic N) is 2. The number of hydrogen-bond donors (Lipinski definition) is 0. The summed E-state index contributed by atoms with van der Waals surface area (Å²) >= 11 is 5.96. The van der Waals surface area contributed by atoms with E-state index in [0.717, 1.165) is 16.9 Å². The number of ether oxygens (including phenoxy) is 1. The SMILES string of the molecule is CCOC(=O)Cc1nc2ccccn2c1-c1ccc(Cl)cc1. The highest BCUT2D eigenvalue weighted by atomic mass is 35.5. The van der Waals surface area contributed by atoms with Crippen LogP contribution in [0.15, 0.2) is 48.7 Å². The van der Waals surface area contributed by atoms with Gasteiger partial charge in [-0.05, 0) is 31.2 Å². The number of rotatable bonds is 4. The van der Waals surface area contributed by atoms with Crippen molar-refractivity contribution in [2.24, 2.45) is 0 Å². The van der Waals surface area contributed by atoms with Crippen LogP contribution >= 0.6 is 11.6 Å². The van der Waals surface area contributed by atoms with Crippen molar-refractivity contribution in [3.05, 3.63) is 59.4 Å². The van der Waals surface area contributed by atoms with Gasteiger partial charge >= 0.3 is 5.97 Å². The molecule has 0 unspecified atom stereocenters. The van der Waals surface area contributed by atoms with Gasteiger partial charge in [-0.15, -0.1) is 0 Å². The first kappa shape index (κ1) is 14.6. The van der Waals surface area contributed by atoms with Crippen molar-refractivity contribution < 1.29 is 9.53 Å². The van der Waals surface area contributed by atoms with Crippen LogP contribution in [0.25, 0.3) is 16.9 Å². The lowest BCUT2D eigenvalue weighted by molar-refractivity contribution is -0.142. The van der Waals surface area contributed by atoms with Gasteiger partial charge in [0.25, 0.3) is 0 Å². The Hall–Kier alpha value is -2.33. The quantitative estimate of drug-likeness (QED) is 0.689. The number of hydrogen-bond acceptors (Lipinski definition) is 3. The molecule has 3 aromatic rings. The summed E-state index contributed by atoms with van der Waals surface area (Å²) < 4.78 is 7.01. The zero-order valence-electron chi connectivity index (χ0n) is 12.1. The molecule has 0 fully saturated rings. The highest BCUT2D eigenvalue weighted by Gasteiger charge is 2.17. The average Bonchev–Trinajstić information content (AvgIpc) is 2.86. The Balaban J connectivity index is 2.12. The van der Waals surface area contributed by atoms with Crippen molar-refractivity contribution in [3.8, 4) is 11.3 Å². The Kier molecular flexibility index (Phi) is 4.11. The first-order valence-corrected chi connectivity index (χ1v) is 7.44. The highest BCUT2D eigenvalue weighted by molar-refractivity contribution is 6.30. The molecule has 22 heavy (non-hydrogen) atoms. The minimum Gasteiger partial charge on any atom is -0.466 e. The second-order valence-electron chi connectivity index (χ2n) is 4.82. The van der Waals surface area contributed by atoms with Crippen molar-refractivity contribution in [2.75, 3.05) is 6.61 Å². The first-order valence-electron chi connectivity index (χ1n) is 7.06. The summed E-state index contributed by atoms with van der Waals surface area (Å²) in [6, 6.07) is 13.3. The van der Waals surface area contributed by atoms with Crippen LogP contribution < -0.4 is 0 Å². The molecule has 0 aliphatic heterocycles. The lowest BCUT2D eigenvalue weighted by Gasteiger charge is -2.06. The molecule has 0 N–H and O–H groups in total. The molecule has 3 rings (SSSR count). The molecule has 2 aromatic heterocycles. The van der Waals surface area contributed by atoms with Crippen molar-refractivity contribution in [3.63, 3.8) is 0 Å². The molecule has 0 saturated heterocycles. The Bertz CT molecular complexity index is 809. The number of benzene rings is 1. The zero-order chi connectivity index (χ0) is 15.5. The van der Waals surface area contributed by atoms with Gasteiger partial charge < -0.3 is 4.74 Å². The highest BCUT2D eigenvalue weighted by Crippen LogP contribution is 2.27. The molecule has 0 aliphatic carbocycles. The second kappa shape index (κ2) is 6.20. The number of fused-ring (bicyclic) bond motifs is 1. The summed E-state index contributed by atoms with van der Waals surface area (Å²) in [6.45, 7) is 2.16. The van der Waals surface area contributed by atoms with Crippen LogP contribution in [-0.4, -0.2) is 22.0 Å². The fraction of sp³-hybridized carbons (Fsp3) is 0.176. The van der Waals surface area contributed by atoms with E-state index < -0.39 is 0 Å². The van der Waals surface area contributed by atoms with E-state index in [9.17, 15) is 4.79 Å². The molecule has 0 aliphatic rings. The third-order valence-electron chi connectivity index (χ3n) is 3.34. The van der Waals surface area contributed by atoms with Crippen LogP contribution in [0.2, 0.25) is 5.02 Å². The molecule has 0 atom stereocenters. The summed E-state index contributed by atoms with van der Waals surface area (Å²) in [6.07, 6.45) is 2.08. The minimum atomic E-state index is -0.277. The van der Waals surface area contributed by atoms with E-state index in [1.807, 2.05) is 53.1 Å². The second-order valence-corrected chi connectivity index (χ2v) is 5.26. The van der Waals surface area contributed by atoms with Gasteiger partial charge in [0, 0.05) is 16.8 Å². The average molecular weight is 315 g/mol. The van der Waals surface area contributed by atoms with Crippen molar-refractivity contribution >= 4 is 23.2 Å². The van der Waals surface area contributed by atoms with E-state index in [1.165, 1.54) is 0 Å². The molecular weight excluding hydrogens is 300 g/mol. The lowest BCUT2D eigenvalue weighted by Crippen LogP contribution is -2.08. The van der Waals surface area contributed by atoms with Gasteiger partial charge in [-0.1, -0.05) is 29.8 Å². The van der Waals surface area contributed by atoms with Gasteiger partial charge in [-0.25, -0.2) is 4.98 Å². The summed E-state index contributed by atoms with van der Waals surface area (Å²) in [7, 11) is 0. The maximum Gasteiger partial charge on any atom is 0.311 e. The molecule has 0 radical (unpaired) electrons. The van der Waals surface area contributed by atoms with E-state index in [-0.39, 0.29) is 12.4 Å². The molecule has 0 bridgehead atoms. The Morgan fingerprint density at radius 2 is 2.00 bits per heavy atom. The number of pyridine rings is 1. The van der Waals surface area contributed by atoms with Gasteiger partial charge in [0.1, 0.15) is 5.65 Å². The Morgan fingerprint density at radius 1 is 1.23 bits per heavy atom. The molecule has 0 saturated carbocycles. The molecule has 5 heteroatoms. The van der Waals surface area contributed by atoms with Gasteiger partial charge in [-0.2, -0.15) is 0 Å². The zero-order valence-corrected chi connectivity index (χ0v) is 12.9. The Labute approximate surface area is 133 Å². The molecule has 2 heterocycles. The summed E-state index contributed by atoms with van der Waals surface area (Å²) in [5.74, 6) is -0.277. The largest absolute Gasteiger partial charge is 0.466 e. The van der Waals surface area contributed by atoms with Gasteiger partial charge in [0.15, 0.2) is 0 Å². The van der Waals surface area contributed by atoms with Gasteiger partial charge in [0.2, 0.25) is 0 Å². The van der Waals surface area contributed by atoms with Crippen LogP contribution in [-0.2, 0) is 16.0 Å². The van der Waals surface area contributed by atoms with Gasteiger partial charge in [0.05, 0.1) is 24.4 Å². The number of halogens is 1. The Morgan fingerprint density at radius 3 is 2.73 bits per heavy atom. The number of carbonyl (C=O) groups is 1. The first-order chi connectivity index (χ1) is 10.7. The van der Waals surface area contributed by atoms with Crippen molar-refractivity contribution in [1.29, 1.82) is 0 Å². The predicted molar refractivity (Wildman–Crippen MR) is 86.0 cm³/mol. The van der Waals surface area contributed by atoms with E-state index in [2.05, 4.69) is 4.98 Å². The normalized spacial score (nSPS) is 10.8. The van der Waals surface area contributed by atoms with Crippen LogP contribution in [0.3, 0.4) is 0 Å². The number of esters is 1. The lowest BCUT2D eigenvalue weighted by atomic mass is 10.1. The third kappa shape index (κ3) is 2.83. The third-order valence-corrected chi connectivity index (χ3v) is 3.59. The van der Waals surface area contributed by atoms with E-state index >= 15 is 0 Å². The molecule has 1 aromatic carbocycles. The topological polar surface area (TPSA) is 43.6 Å². The smallest absolute Gasteiger partial charge is 0.311 e. The maximum absolute atomic E-state index is 11.8. The predicted octanol–water partition coefficient (Wildman–Crippen LogP) is 3.76. The van der Waals surface area contributed by atoms with E-state index in [0.29, 0.717) is 17.3 Å². The summed E-state index contributed by atoms with van der Waals surface area (Å²) in [5, 5.41) is 0.671. The van der Waals surface area contributed by atoms with Crippen LogP contribution in [0.4, 0.5) is 0 Å². The molecule has 0 amide bonds. The monoisotopic (exact) mass is 314 g/mol. The van der Waals surface area contributed by atoms with Crippen molar-refractivity contribution in [1.82, 2.24) is 9.38 Å². The standard InChI is InChI=1S/C17H15ClN2O2/c1-2-22-16(21)11-14-17(12-6-8-13(18)9-7-12)20-10-4-3-5-15(20)19-14/h3-10H,2,11H2,1H3. The van der Waals surface area contributed by atoms with E-state index in [4.69, 9.17) is 16.3 Å². The summed E-state index contributed by atoms with van der Waals surface area (Å²) in [4.78, 5) is 16.4. The minimum absolute atomic E-state index is 0.146. The fourth-order valence-electron chi connectivity index (χ4n) is 2.43. The van der Waals surface area contributed by atoms with Crippen LogP contribution in [0.5, 0.6) is 0 Å². The summed E-state index contributed by atoms with van der Waals surface area (Å²) in [5.41, 5.74) is 3.35. The number of carbonyl (C=O) groups excluding carboxylic acids is 1.